The van der Waals surface area contributed by atoms with Crippen molar-refractivity contribution in [3.05, 3.63) is 51.8 Å². The van der Waals surface area contributed by atoms with Crippen LogP contribution in [0.4, 0.5) is 5.69 Å². The molecule has 0 bridgehead atoms. The molecule has 2 amide bonds. The summed E-state index contributed by atoms with van der Waals surface area (Å²) in [5, 5.41) is 14.7. The van der Waals surface area contributed by atoms with E-state index in [0.717, 1.165) is 0 Å². The lowest BCUT2D eigenvalue weighted by Crippen LogP contribution is -2.41. The Morgan fingerprint density at radius 1 is 1.14 bits per heavy atom. The van der Waals surface area contributed by atoms with E-state index in [1.165, 1.54) is 32.4 Å². The SMILES string of the molecule is COC(=O)CC[C@@H](NC(=O)c1ccc2c(c1)/C(=C/c1[nH]c(C)c(C(=O)O)c1C)C(=O)N2)C(=O)OC. The zero-order valence-corrected chi connectivity index (χ0v) is 19.6. The number of hydrogen-bond donors (Lipinski definition) is 4. The highest BCUT2D eigenvalue weighted by atomic mass is 16.5. The highest BCUT2D eigenvalue weighted by Gasteiger charge is 2.28. The van der Waals surface area contributed by atoms with Crippen LogP contribution < -0.4 is 10.6 Å². The van der Waals surface area contributed by atoms with E-state index in [2.05, 4.69) is 20.4 Å². The Morgan fingerprint density at radius 2 is 1.86 bits per heavy atom. The van der Waals surface area contributed by atoms with Crippen molar-refractivity contribution in [2.45, 2.75) is 32.7 Å². The van der Waals surface area contributed by atoms with Gasteiger partial charge in [0, 0.05) is 34.6 Å². The number of esters is 2. The first-order chi connectivity index (χ1) is 16.6. The van der Waals surface area contributed by atoms with E-state index in [1.807, 2.05) is 0 Å². The molecule has 0 unspecified atom stereocenters. The van der Waals surface area contributed by atoms with E-state index < -0.39 is 35.8 Å². The minimum absolute atomic E-state index is 0.0153. The molecule has 1 aromatic heterocycles. The quantitative estimate of drug-likeness (QED) is 0.327. The third-order valence-corrected chi connectivity index (χ3v) is 5.70. The number of aryl methyl sites for hydroxylation is 1. The van der Waals surface area contributed by atoms with Gasteiger partial charge in [-0.05, 0) is 50.1 Å². The second-order valence-electron chi connectivity index (χ2n) is 7.91. The zero-order valence-electron chi connectivity index (χ0n) is 19.6. The molecule has 1 atom stereocenters. The number of aromatic nitrogens is 1. The van der Waals surface area contributed by atoms with Gasteiger partial charge in [0.2, 0.25) is 0 Å². The first kappa shape index (κ1) is 25.2. The van der Waals surface area contributed by atoms with E-state index in [9.17, 15) is 29.1 Å². The number of carboxylic acids is 1. The van der Waals surface area contributed by atoms with E-state index in [-0.39, 0.29) is 29.5 Å². The maximum Gasteiger partial charge on any atom is 0.337 e. The number of carbonyl (C=O) groups excluding carboxylic acids is 4. The smallest absolute Gasteiger partial charge is 0.337 e. The first-order valence-electron chi connectivity index (χ1n) is 10.6. The molecular weight excluding hydrogens is 458 g/mol. The van der Waals surface area contributed by atoms with Gasteiger partial charge in [0.05, 0.1) is 25.4 Å². The Balaban J connectivity index is 1.91. The van der Waals surface area contributed by atoms with Crippen LogP contribution >= 0.6 is 0 Å². The van der Waals surface area contributed by atoms with Crippen molar-refractivity contribution in [1.82, 2.24) is 10.3 Å². The molecule has 0 aliphatic carbocycles. The highest BCUT2D eigenvalue weighted by molar-refractivity contribution is 6.35. The molecule has 1 aromatic carbocycles. The molecule has 0 radical (unpaired) electrons. The number of hydrogen-bond acceptors (Lipinski definition) is 7. The van der Waals surface area contributed by atoms with Crippen molar-refractivity contribution in [2.24, 2.45) is 0 Å². The second kappa shape index (κ2) is 10.2. The summed E-state index contributed by atoms with van der Waals surface area (Å²) in [6, 6.07) is 3.46. The van der Waals surface area contributed by atoms with Crippen molar-refractivity contribution in [1.29, 1.82) is 0 Å². The Morgan fingerprint density at radius 3 is 2.46 bits per heavy atom. The van der Waals surface area contributed by atoms with Gasteiger partial charge in [-0.3, -0.25) is 14.4 Å². The van der Waals surface area contributed by atoms with E-state index >= 15 is 0 Å². The van der Waals surface area contributed by atoms with Crippen LogP contribution in [0.2, 0.25) is 0 Å². The number of aromatic amines is 1. The average Bonchev–Trinajstić information content (AvgIpc) is 3.29. The minimum Gasteiger partial charge on any atom is -0.478 e. The normalized spacial score (nSPS) is 14.2. The predicted molar refractivity (Wildman–Crippen MR) is 125 cm³/mol. The fraction of sp³-hybridized carbons (Fsp3) is 0.292. The third-order valence-electron chi connectivity index (χ3n) is 5.70. The topological polar surface area (TPSA) is 164 Å². The molecule has 3 rings (SSSR count). The molecule has 1 aliphatic heterocycles. The predicted octanol–water partition coefficient (Wildman–Crippen LogP) is 2.05. The van der Waals surface area contributed by atoms with Gasteiger partial charge in [0.25, 0.3) is 11.8 Å². The monoisotopic (exact) mass is 483 g/mol. The van der Waals surface area contributed by atoms with Crippen molar-refractivity contribution < 1.29 is 38.6 Å². The summed E-state index contributed by atoms with van der Waals surface area (Å²) in [6.07, 6.45) is 1.42. The summed E-state index contributed by atoms with van der Waals surface area (Å²) in [5.74, 6) is -3.35. The number of benzene rings is 1. The lowest BCUT2D eigenvalue weighted by atomic mass is 10.0. The van der Waals surface area contributed by atoms with Gasteiger partial charge in [-0.25, -0.2) is 9.59 Å². The second-order valence-corrected chi connectivity index (χ2v) is 7.91. The number of rotatable bonds is 8. The van der Waals surface area contributed by atoms with Crippen LogP contribution in [-0.2, 0) is 23.9 Å². The summed E-state index contributed by atoms with van der Waals surface area (Å²) in [5.41, 5.74) is 2.85. The van der Waals surface area contributed by atoms with Crippen LogP contribution in [0.1, 0.15) is 56.1 Å². The summed E-state index contributed by atoms with van der Waals surface area (Å²) in [4.78, 5) is 63.5. The fourth-order valence-electron chi connectivity index (χ4n) is 3.85. The maximum absolute atomic E-state index is 12.9. The number of ether oxygens (including phenoxy) is 2. The van der Waals surface area contributed by atoms with Crippen molar-refractivity contribution in [3.8, 4) is 0 Å². The summed E-state index contributed by atoms with van der Waals surface area (Å²) in [6.45, 7) is 3.26. The van der Waals surface area contributed by atoms with Crippen LogP contribution in [0.5, 0.6) is 0 Å². The number of carboxylic acid groups (broad SMARTS) is 1. The van der Waals surface area contributed by atoms with Crippen LogP contribution in [0.3, 0.4) is 0 Å². The number of carbonyl (C=O) groups is 5. The van der Waals surface area contributed by atoms with Gasteiger partial charge in [-0.2, -0.15) is 0 Å². The first-order valence-corrected chi connectivity index (χ1v) is 10.6. The molecule has 2 heterocycles. The fourth-order valence-corrected chi connectivity index (χ4v) is 3.85. The summed E-state index contributed by atoms with van der Waals surface area (Å²) >= 11 is 0. The molecule has 0 spiro atoms. The Kier molecular flexibility index (Phi) is 7.38. The molecule has 4 N–H and O–H groups in total. The molecule has 11 nitrogen and oxygen atoms in total. The number of fused-ring (bicyclic) bond motifs is 1. The molecule has 35 heavy (non-hydrogen) atoms. The molecule has 0 fully saturated rings. The Hall–Kier alpha value is -4.41. The van der Waals surface area contributed by atoms with Crippen molar-refractivity contribution in [3.63, 3.8) is 0 Å². The number of amides is 2. The number of anilines is 1. The molecule has 0 saturated carbocycles. The molecular formula is C24H25N3O8. The Bertz CT molecular complexity index is 1260. The molecule has 184 valence electrons. The number of H-pyrrole nitrogens is 1. The van der Waals surface area contributed by atoms with E-state index in [0.29, 0.717) is 28.2 Å². The van der Waals surface area contributed by atoms with Gasteiger partial charge < -0.3 is 30.2 Å². The van der Waals surface area contributed by atoms with Gasteiger partial charge in [0.1, 0.15) is 6.04 Å². The highest BCUT2D eigenvalue weighted by Crippen LogP contribution is 2.34. The van der Waals surface area contributed by atoms with Gasteiger partial charge in [0.15, 0.2) is 0 Å². The standard InChI is InChI=1S/C24H25N3O8/c1-11-18(25-12(2)20(11)23(31)32)10-15-14-9-13(5-6-16(14)26-22(15)30)21(29)27-17(24(33)35-4)7-8-19(28)34-3/h5-6,9-10,17,25H,7-8H2,1-4H3,(H,26,30)(H,27,29)(H,31,32)/b15-10-/t17-/m1/s1. The molecule has 2 aromatic rings. The number of aromatic carboxylic acids is 1. The van der Waals surface area contributed by atoms with Crippen LogP contribution in [-0.4, -0.2) is 60.1 Å². The van der Waals surface area contributed by atoms with Crippen molar-refractivity contribution >= 4 is 47.1 Å². The average molecular weight is 483 g/mol. The summed E-state index contributed by atoms with van der Waals surface area (Å²) in [7, 11) is 2.39. The van der Waals surface area contributed by atoms with Crippen LogP contribution in [0, 0.1) is 13.8 Å². The lowest BCUT2D eigenvalue weighted by Gasteiger charge is -2.16. The molecule has 0 saturated heterocycles. The number of nitrogens with one attached hydrogen (secondary N) is 3. The van der Waals surface area contributed by atoms with Crippen molar-refractivity contribution in [2.75, 3.05) is 19.5 Å². The van der Waals surface area contributed by atoms with Gasteiger partial charge >= 0.3 is 17.9 Å². The van der Waals surface area contributed by atoms with E-state index in [4.69, 9.17) is 4.74 Å². The lowest BCUT2D eigenvalue weighted by molar-refractivity contribution is -0.144. The van der Waals surface area contributed by atoms with Crippen LogP contribution in [0.15, 0.2) is 18.2 Å². The summed E-state index contributed by atoms with van der Waals surface area (Å²) < 4.78 is 9.28. The molecule has 11 heteroatoms. The van der Waals surface area contributed by atoms with Gasteiger partial charge in [-0.15, -0.1) is 0 Å². The molecule has 1 aliphatic rings. The Labute approximate surface area is 200 Å². The largest absolute Gasteiger partial charge is 0.478 e. The maximum atomic E-state index is 12.9. The third kappa shape index (κ3) is 5.24. The van der Waals surface area contributed by atoms with Gasteiger partial charge in [-0.1, -0.05) is 0 Å². The minimum atomic E-state index is -1.08. The van der Waals surface area contributed by atoms with Crippen LogP contribution in [0.25, 0.3) is 11.6 Å². The number of methoxy groups -OCH3 is 2. The zero-order chi connectivity index (χ0) is 25.9. The van der Waals surface area contributed by atoms with E-state index in [1.54, 1.807) is 19.9 Å².